The summed E-state index contributed by atoms with van der Waals surface area (Å²) >= 11 is 8.67. The third kappa shape index (κ3) is 4.02. The van der Waals surface area contributed by atoms with Gasteiger partial charge in [-0.2, -0.15) is 0 Å². The Bertz CT molecular complexity index is 2150. The Balaban J connectivity index is 1.28. The van der Waals surface area contributed by atoms with E-state index in [2.05, 4.69) is 59.5 Å². The molecule has 0 amide bonds. The van der Waals surface area contributed by atoms with Crippen LogP contribution in [0, 0.1) is 35.8 Å². The monoisotopic (exact) mass is 646 g/mol. The number of hydrogen-bond acceptors (Lipinski definition) is 9. The van der Waals surface area contributed by atoms with Gasteiger partial charge in [0.25, 0.3) is 0 Å². The van der Waals surface area contributed by atoms with Crippen molar-refractivity contribution in [2.75, 3.05) is 0 Å². The average molecular weight is 647 g/mol. The fourth-order valence-corrected chi connectivity index (χ4v) is 13.1. The second-order valence-corrected chi connectivity index (χ2v) is 16.3. The van der Waals surface area contributed by atoms with Gasteiger partial charge in [-0.25, -0.2) is 10.5 Å². The van der Waals surface area contributed by atoms with Crippen molar-refractivity contribution in [2.45, 2.75) is 38.5 Å². The fraction of sp³-hybridized carbons (Fsp3) is 0.188. The molecule has 0 spiro atoms. The van der Waals surface area contributed by atoms with Crippen molar-refractivity contribution in [1.29, 1.82) is 10.5 Å². The van der Waals surface area contributed by atoms with Crippen molar-refractivity contribution in [1.82, 2.24) is 0 Å². The SMILES string of the molecule is [C-]#[N+]C(C#N)=Nc1ccc(C2=Cc3sc4c(sc5c6c(sc54)C=C(c4ccc(N=C(C#N)[N+]#[C-])s4)C6(C)C)c3C2(C)C)s1. The number of hydrogen-bond donors (Lipinski definition) is 0. The molecule has 0 radical (unpaired) electrons. The zero-order valence-electron chi connectivity index (χ0n) is 23.2. The van der Waals surface area contributed by atoms with Gasteiger partial charge in [0, 0.05) is 30.3 Å². The Kier molecular flexibility index (Phi) is 6.20. The number of fused-ring (bicyclic) bond motifs is 7. The smallest absolute Gasteiger partial charge is 0.350 e. The van der Waals surface area contributed by atoms with E-state index in [1.165, 1.54) is 73.5 Å². The molecule has 0 aliphatic heterocycles. The van der Waals surface area contributed by atoms with Gasteiger partial charge in [0.05, 0.1) is 18.8 Å². The third-order valence-electron chi connectivity index (χ3n) is 7.90. The molecule has 0 atom stereocenters. The largest absolute Gasteiger partial charge is 0.351 e. The second-order valence-electron chi connectivity index (χ2n) is 11.1. The summed E-state index contributed by atoms with van der Waals surface area (Å²) in [6.45, 7) is 23.4. The van der Waals surface area contributed by atoms with Crippen molar-refractivity contribution in [3.05, 3.63) is 77.7 Å². The molecule has 0 N–H and O–H groups in total. The van der Waals surface area contributed by atoms with Crippen molar-refractivity contribution >= 4 is 120 Å². The Morgan fingerprint density at radius 3 is 1.44 bits per heavy atom. The highest BCUT2D eigenvalue weighted by Crippen LogP contribution is 2.61. The van der Waals surface area contributed by atoms with E-state index in [0.29, 0.717) is 10.0 Å². The van der Waals surface area contributed by atoms with Gasteiger partial charge >= 0.3 is 11.7 Å². The molecule has 5 aromatic rings. The third-order valence-corrected chi connectivity index (χ3v) is 13.8. The molecule has 0 fully saturated rings. The number of allylic oxidation sites excluding steroid dienone is 2. The molecule has 0 aromatic carbocycles. The summed E-state index contributed by atoms with van der Waals surface area (Å²) < 4.78 is 5.44. The maximum Gasteiger partial charge on any atom is 0.350 e. The van der Waals surface area contributed by atoms with Gasteiger partial charge in [0.15, 0.2) is 0 Å². The number of thiophene rings is 5. The van der Waals surface area contributed by atoms with Crippen molar-refractivity contribution < 1.29 is 0 Å². The molecule has 5 heterocycles. The van der Waals surface area contributed by atoms with E-state index in [1.54, 1.807) is 0 Å². The summed E-state index contributed by atoms with van der Waals surface area (Å²) in [5.41, 5.74) is 4.83. The lowest BCUT2D eigenvalue weighted by Crippen LogP contribution is -2.15. The lowest BCUT2D eigenvalue weighted by atomic mass is 9.81. The van der Waals surface area contributed by atoms with E-state index in [9.17, 15) is 0 Å². The van der Waals surface area contributed by atoms with Crippen LogP contribution >= 0.6 is 56.7 Å². The highest BCUT2D eigenvalue weighted by molar-refractivity contribution is 7.39. The van der Waals surface area contributed by atoms with Crippen molar-refractivity contribution in [3.8, 4) is 12.1 Å². The number of amidine groups is 2. The molecular formula is C32H18N6S5. The predicted octanol–water partition coefficient (Wildman–Crippen LogP) is 10.9. The minimum atomic E-state index is -0.201. The van der Waals surface area contributed by atoms with Gasteiger partial charge in [0.1, 0.15) is 12.1 Å². The first-order valence-electron chi connectivity index (χ1n) is 13.0. The normalized spacial score (nSPS) is 16.7. The predicted molar refractivity (Wildman–Crippen MR) is 184 cm³/mol. The first kappa shape index (κ1) is 27.6. The summed E-state index contributed by atoms with van der Waals surface area (Å²) in [6, 6.07) is 11.6. The van der Waals surface area contributed by atoms with Crippen LogP contribution in [0.1, 0.15) is 58.3 Å². The number of nitrogens with zero attached hydrogens (tertiary/aromatic N) is 6. The number of aliphatic imine (C=N–C) groups is 2. The molecule has 7 rings (SSSR count). The van der Waals surface area contributed by atoms with Crippen molar-refractivity contribution in [2.24, 2.45) is 9.98 Å². The van der Waals surface area contributed by atoms with Crippen LogP contribution < -0.4 is 0 Å². The maximum absolute atomic E-state index is 9.11. The molecule has 0 saturated carbocycles. The fourth-order valence-electron chi connectivity index (χ4n) is 5.92. The quantitative estimate of drug-likeness (QED) is 0.111. The van der Waals surface area contributed by atoms with E-state index in [4.69, 9.17) is 23.7 Å². The second kappa shape index (κ2) is 9.66. The Morgan fingerprint density at radius 2 is 1.07 bits per heavy atom. The Hall–Kier alpha value is -4.20. The summed E-state index contributed by atoms with van der Waals surface area (Å²) in [5, 5.41) is 19.5. The summed E-state index contributed by atoms with van der Waals surface area (Å²) in [7, 11) is 0. The first-order chi connectivity index (χ1) is 20.6. The van der Waals surface area contributed by atoms with Crippen LogP contribution in [0.15, 0.2) is 34.3 Å². The molecule has 0 unspecified atom stereocenters. The lowest BCUT2D eigenvalue weighted by Gasteiger charge is -2.23. The van der Waals surface area contributed by atoms with E-state index in [1.807, 2.05) is 70.4 Å². The van der Waals surface area contributed by atoms with Crippen LogP contribution in [0.2, 0.25) is 0 Å². The molecule has 11 heteroatoms. The van der Waals surface area contributed by atoms with Crippen molar-refractivity contribution in [3.63, 3.8) is 0 Å². The van der Waals surface area contributed by atoms with E-state index >= 15 is 0 Å². The standard InChI is InChI=1S/C32H18N6S5/c1-31(2)15(17-7-9-23(39-17)37-21(13-33)35-5)11-19-25(31)27-29(41-19)30-28(43-27)26-20(42-30)12-16(32(26,3)4)18-8-10-24(40-18)38-22(14-34)36-6/h7-12H,1-4H3. The van der Waals surface area contributed by atoms with Gasteiger partial charge in [0.2, 0.25) is 10.0 Å². The highest BCUT2D eigenvalue weighted by Gasteiger charge is 2.42. The van der Waals surface area contributed by atoms with Crippen LogP contribution in [0.4, 0.5) is 10.0 Å². The molecular weight excluding hydrogens is 629 g/mol. The van der Waals surface area contributed by atoms with E-state index in [-0.39, 0.29) is 22.5 Å². The van der Waals surface area contributed by atoms with Crippen LogP contribution in [0.3, 0.4) is 0 Å². The van der Waals surface area contributed by atoms with E-state index < -0.39 is 0 Å². The molecule has 2 aliphatic carbocycles. The first-order valence-corrected chi connectivity index (χ1v) is 17.1. The lowest BCUT2D eigenvalue weighted by molar-refractivity contribution is 0.715. The van der Waals surface area contributed by atoms with Crippen LogP contribution in [-0.2, 0) is 10.8 Å². The molecule has 0 bridgehead atoms. The van der Waals surface area contributed by atoms with Gasteiger partial charge in [-0.05, 0) is 58.7 Å². The number of rotatable bonds is 4. The summed E-state index contributed by atoms with van der Waals surface area (Å²) in [5.74, 6) is -0.302. The highest BCUT2D eigenvalue weighted by atomic mass is 32.1. The van der Waals surface area contributed by atoms with Gasteiger partial charge < -0.3 is 9.69 Å². The summed E-state index contributed by atoms with van der Waals surface area (Å²) in [6.07, 6.45) is 4.62. The van der Waals surface area contributed by atoms with Crippen LogP contribution in [0.5, 0.6) is 0 Å². The van der Waals surface area contributed by atoms with Gasteiger partial charge in [-0.15, -0.1) is 34.0 Å². The van der Waals surface area contributed by atoms with Crippen LogP contribution in [0.25, 0.3) is 51.8 Å². The van der Waals surface area contributed by atoms with Crippen LogP contribution in [-0.4, -0.2) is 11.7 Å². The van der Waals surface area contributed by atoms with E-state index in [0.717, 1.165) is 9.75 Å². The Morgan fingerprint density at radius 1 is 0.651 bits per heavy atom. The zero-order chi connectivity index (χ0) is 30.3. The molecule has 6 nitrogen and oxygen atoms in total. The molecule has 5 aromatic heterocycles. The molecule has 206 valence electrons. The minimum Gasteiger partial charge on any atom is -0.351 e. The molecule has 2 aliphatic rings. The molecule has 0 saturated heterocycles. The number of nitriles is 2. The Labute approximate surface area is 267 Å². The average Bonchev–Trinajstić information content (AvgIpc) is 3.81. The zero-order valence-corrected chi connectivity index (χ0v) is 27.3. The summed E-state index contributed by atoms with van der Waals surface area (Å²) in [4.78, 5) is 19.6. The van der Waals surface area contributed by atoms with Gasteiger partial charge in [-0.3, -0.25) is 0 Å². The molecule has 43 heavy (non-hydrogen) atoms. The minimum absolute atomic E-state index is 0.151. The topological polar surface area (TPSA) is 81.0 Å². The maximum atomic E-state index is 9.11. The van der Waals surface area contributed by atoms with Gasteiger partial charge in [-0.1, -0.05) is 73.5 Å².